The van der Waals surface area contributed by atoms with Crippen LogP contribution in [0.2, 0.25) is 0 Å². The Balaban J connectivity index is 1.77. The van der Waals surface area contributed by atoms with Gasteiger partial charge in [-0.25, -0.2) is 0 Å². The van der Waals surface area contributed by atoms with Gasteiger partial charge in [-0.2, -0.15) is 10.2 Å². The second-order valence-electron chi connectivity index (χ2n) is 4.35. The lowest BCUT2D eigenvalue weighted by Gasteiger charge is -2.05. The fraction of sp³-hybridized carbons (Fsp3) is 0.417. The van der Waals surface area contributed by atoms with Crippen LogP contribution in [0.25, 0.3) is 0 Å². The average Bonchev–Trinajstić information content (AvgIpc) is 2.93. The first kappa shape index (κ1) is 13.8. The minimum atomic E-state index is 0.00914. The molecule has 0 saturated heterocycles. The van der Waals surface area contributed by atoms with E-state index in [2.05, 4.69) is 31.4 Å². The minimum Gasteiger partial charge on any atom is -0.352 e. The number of hydrogen-bond acceptors (Lipinski definition) is 3. The minimum absolute atomic E-state index is 0.00914. The van der Waals surface area contributed by atoms with Gasteiger partial charge >= 0.3 is 0 Å². The highest BCUT2D eigenvalue weighted by Crippen LogP contribution is 2.14. The van der Waals surface area contributed by atoms with Crippen LogP contribution in [0.1, 0.15) is 17.7 Å². The molecule has 102 valence electrons. The summed E-state index contributed by atoms with van der Waals surface area (Å²) >= 11 is 3.39. The van der Waals surface area contributed by atoms with Gasteiger partial charge in [0.1, 0.15) is 0 Å². The Morgan fingerprint density at radius 3 is 2.79 bits per heavy atom. The van der Waals surface area contributed by atoms with E-state index < -0.39 is 0 Å². The van der Waals surface area contributed by atoms with Crippen LogP contribution in [0.4, 0.5) is 0 Å². The third-order valence-corrected chi connectivity index (χ3v) is 3.62. The topological polar surface area (TPSA) is 64.7 Å². The SMILES string of the molecule is Cc1c(Br)cnn1CCC(=O)NCc1cnn(C)c1. The van der Waals surface area contributed by atoms with Crippen molar-refractivity contribution in [2.24, 2.45) is 7.05 Å². The lowest BCUT2D eigenvalue weighted by molar-refractivity contribution is -0.121. The Kier molecular flexibility index (Phi) is 4.36. The molecule has 19 heavy (non-hydrogen) atoms. The van der Waals surface area contributed by atoms with E-state index in [-0.39, 0.29) is 5.91 Å². The standard InChI is InChI=1S/C12H16BrN5O/c1-9-11(13)7-16-18(9)4-3-12(19)14-5-10-6-15-17(2)8-10/h6-8H,3-5H2,1-2H3,(H,14,19). The number of nitrogens with one attached hydrogen (secondary N) is 1. The van der Waals surface area contributed by atoms with Crippen LogP contribution >= 0.6 is 15.9 Å². The summed E-state index contributed by atoms with van der Waals surface area (Å²) in [5, 5.41) is 11.1. The van der Waals surface area contributed by atoms with E-state index in [4.69, 9.17) is 0 Å². The summed E-state index contributed by atoms with van der Waals surface area (Å²) in [5.41, 5.74) is 2.02. The lowest BCUT2D eigenvalue weighted by Crippen LogP contribution is -2.24. The van der Waals surface area contributed by atoms with E-state index in [9.17, 15) is 4.79 Å². The number of aromatic nitrogens is 4. The summed E-state index contributed by atoms with van der Waals surface area (Å²) < 4.78 is 4.49. The van der Waals surface area contributed by atoms with Crippen molar-refractivity contribution in [1.29, 1.82) is 0 Å². The summed E-state index contributed by atoms with van der Waals surface area (Å²) in [6.07, 6.45) is 5.78. The van der Waals surface area contributed by atoms with E-state index in [1.54, 1.807) is 17.1 Å². The predicted octanol–water partition coefficient (Wildman–Crippen LogP) is 1.39. The molecule has 0 bridgehead atoms. The van der Waals surface area contributed by atoms with Crippen molar-refractivity contribution in [3.63, 3.8) is 0 Å². The van der Waals surface area contributed by atoms with E-state index >= 15 is 0 Å². The van der Waals surface area contributed by atoms with Crippen LogP contribution < -0.4 is 5.32 Å². The van der Waals surface area contributed by atoms with E-state index in [1.165, 1.54) is 0 Å². The Hall–Kier alpha value is -1.63. The van der Waals surface area contributed by atoms with Crippen LogP contribution in [0.5, 0.6) is 0 Å². The summed E-state index contributed by atoms with van der Waals surface area (Å²) in [5.74, 6) is 0.00914. The van der Waals surface area contributed by atoms with Crippen LogP contribution in [0, 0.1) is 6.92 Å². The van der Waals surface area contributed by atoms with Gasteiger partial charge in [0.2, 0.25) is 5.91 Å². The molecule has 2 rings (SSSR count). The molecule has 2 aromatic rings. The summed E-state index contributed by atoms with van der Waals surface area (Å²) in [7, 11) is 1.85. The molecule has 0 aromatic carbocycles. The molecule has 0 spiro atoms. The maximum absolute atomic E-state index is 11.7. The first-order chi connectivity index (χ1) is 9.06. The highest BCUT2D eigenvalue weighted by Gasteiger charge is 2.07. The highest BCUT2D eigenvalue weighted by atomic mass is 79.9. The summed E-state index contributed by atoms with van der Waals surface area (Å²) in [4.78, 5) is 11.7. The Morgan fingerprint density at radius 2 is 2.21 bits per heavy atom. The van der Waals surface area contributed by atoms with E-state index in [0.29, 0.717) is 19.5 Å². The fourth-order valence-corrected chi connectivity index (χ4v) is 2.01. The average molecular weight is 326 g/mol. The molecule has 0 unspecified atom stereocenters. The normalized spacial score (nSPS) is 10.7. The lowest BCUT2D eigenvalue weighted by atomic mass is 10.3. The molecule has 0 atom stereocenters. The molecule has 2 heterocycles. The molecule has 1 amide bonds. The molecule has 0 aliphatic rings. The fourth-order valence-electron chi connectivity index (χ4n) is 1.71. The van der Waals surface area contributed by atoms with Gasteiger partial charge in [-0.15, -0.1) is 0 Å². The molecule has 7 heteroatoms. The van der Waals surface area contributed by atoms with Gasteiger partial charge in [0, 0.05) is 44.0 Å². The van der Waals surface area contributed by atoms with E-state index in [0.717, 1.165) is 15.7 Å². The predicted molar refractivity (Wildman–Crippen MR) is 74.3 cm³/mol. The van der Waals surface area contributed by atoms with Crippen LogP contribution in [-0.4, -0.2) is 25.5 Å². The maximum atomic E-state index is 11.7. The number of carbonyl (C=O) groups is 1. The van der Waals surface area contributed by atoms with Gasteiger partial charge in [-0.1, -0.05) is 0 Å². The number of hydrogen-bond donors (Lipinski definition) is 1. The number of halogens is 1. The summed E-state index contributed by atoms with van der Waals surface area (Å²) in [6.45, 7) is 3.05. The number of amides is 1. The molecular weight excluding hydrogens is 310 g/mol. The molecule has 0 radical (unpaired) electrons. The third-order valence-electron chi connectivity index (χ3n) is 2.84. The monoisotopic (exact) mass is 325 g/mol. The van der Waals surface area contributed by atoms with Crippen molar-refractivity contribution in [2.45, 2.75) is 26.4 Å². The molecule has 1 N–H and O–H groups in total. The van der Waals surface area contributed by atoms with Gasteiger partial charge in [0.25, 0.3) is 0 Å². The first-order valence-corrected chi connectivity index (χ1v) is 6.77. The molecule has 0 aliphatic heterocycles. The zero-order chi connectivity index (χ0) is 13.8. The summed E-state index contributed by atoms with van der Waals surface area (Å²) in [6, 6.07) is 0. The Labute approximate surface area is 119 Å². The van der Waals surface area contributed by atoms with Crippen molar-refractivity contribution in [1.82, 2.24) is 24.9 Å². The molecule has 6 nitrogen and oxygen atoms in total. The van der Waals surface area contributed by atoms with E-state index in [1.807, 2.05) is 24.9 Å². The quantitative estimate of drug-likeness (QED) is 0.903. The molecule has 0 aliphatic carbocycles. The molecule has 0 saturated carbocycles. The van der Waals surface area contributed by atoms with Crippen molar-refractivity contribution in [2.75, 3.05) is 0 Å². The number of aryl methyl sites for hydroxylation is 2. The molecule has 0 fully saturated rings. The van der Waals surface area contributed by atoms with Gasteiger partial charge in [-0.3, -0.25) is 14.2 Å². The second kappa shape index (κ2) is 6.01. The second-order valence-corrected chi connectivity index (χ2v) is 5.20. The first-order valence-electron chi connectivity index (χ1n) is 5.98. The van der Waals surface area contributed by atoms with Gasteiger partial charge in [0.15, 0.2) is 0 Å². The maximum Gasteiger partial charge on any atom is 0.222 e. The molecule has 2 aromatic heterocycles. The highest BCUT2D eigenvalue weighted by molar-refractivity contribution is 9.10. The number of nitrogens with zero attached hydrogens (tertiary/aromatic N) is 4. The zero-order valence-corrected chi connectivity index (χ0v) is 12.5. The third kappa shape index (κ3) is 3.66. The van der Waals surface area contributed by atoms with Crippen molar-refractivity contribution in [3.05, 3.63) is 34.3 Å². The van der Waals surface area contributed by atoms with Crippen molar-refractivity contribution >= 4 is 21.8 Å². The largest absolute Gasteiger partial charge is 0.352 e. The van der Waals surface area contributed by atoms with Gasteiger partial charge in [0.05, 0.1) is 16.9 Å². The number of carbonyl (C=O) groups excluding carboxylic acids is 1. The Bertz CT molecular complexity index is 574. The van der Waals surface area contributed by atoms with Crippen LogP contribution in [-0.2, 0) is 24.9 Å². The van der Waals surface area contributed by atoms with Crippen LogP contribution in [0.15, 0.2) is 23.1 Å². The smallest absolute Gasteiger partial charge is 0.222 e. The van der Waals surface area contributed by atoms with Crippen molar-refractivity contribution in [3.8, 4) is 0 Å². The number of rotatable bonds is 5. The van der Waals surface area contributed by atoms with Gasteiger partial charge in [-0.05, 0) is 22.9 Å². The molecular formula is C12H16BrN5O. The Morgan fingerprint density at radius 1 is 1.42 bits per heavy atom. The van der Waals surface area contributed by atoms with Crippen LogP contribution in [0.3, 0.4) is 0 Å². The van der Waals surface area contributed by atoms with Crippen molar-refractivity contribution < 1.29 is 4.79 Å². The zero-order valence-electron chi connectivity index (χ0n) is 10.9. The van der Waals surface area contributed by atoms with Gasteiger partial charge < -0.3 is 5.32 Å².